The predicted molar refractivity (Wildman–Crippen MR) is 60.0 cm³/mol. The van der Waals surface area contributed by atoms with E-state index in [1.165, 1.54) is 0 Å². The van der Waals surface area contributed by atoms with Gasteiger partial charge in [-0.25, -0.2) is 0 Å². The number of ether oxygens (including phenoxy) is 1. The first kappa shape index (κ1) is 10.4. The van der Waals surface area contributed by atoms with Crippen LogP contribution in [0.3, 0.4) is 0 Å². The summed E-state index contributed by atoms with van der Waals surface area (Å²) in [5, 5.41) is 3.50. The van der Waals surface area contributed by atoms with Crippen molar-refractivity contribution in [3.63, 3.8) is 0 Å². The summed E-state index contributed by atoms with van der Waals surface area (Å²) in [4.78, 5) is 4.41. The van der Waals surface area contributed by atoms with Crippen LogP contribution < -0.4 is 10.1 Å². The van der Waals surface area contributed by atoms with Crippen molar-refractivity contribution in [2.45, 2.75) is 38.8 Å². The third-order valence-electron chi connectivity index (χ3n) is 2.88. The molecule has 0 aliphatic carbocycles. The summed E-state index contributed by atoms with van der Waals surface area (Å²) in [6, 6.07) is 4.28. The first-order valence-corrected chi connectivity index (χ1v) is 5.70. The second-order valence-corrected chi connectivity index (χ2v) is 3.90. The fraction of sp³-hybridized carbons (Fsp3) is 0.583. The number of hydrogen-bond acceptors (Lipinski definition) is 3. The van der Waals surface area contributed by atoms with Crippen molar-refractivity contribution in [3.8, 4) is 5.75 Å². The Hall–Kier alpha value is -1.09. The van der Waals surface area contributed by atoms with Crippen molar-refractivity contribution >= 4 is 0 Å². The van der Waals surface area contributed by atoms with Gasteiger partial charge in [0.25, 0.3) is 0 Å². The Balaban J connectivity index is 2.31. The molecule has 2 atom stereocenters. The topological polar surface area (TPSA) is 34.2 Å². The van der Waals surface area contributed by atoms with Crippen molar-refractivity contribution < 1.29 is 4.74 Å². The average molecular weight is 206 g/mol. The van der Waals surface area contributed by atoms with Crippen LogP contribution in [-0.2, 0) is 0 Å². The Morgan fingerprint density at radius 1 is 1.47 bits per heavy atom. The highest BCUT2D eigenvalue weighted by atomic mass is 16.5. The Kier molecular flexibility index (Phi) is 3.21. The number of aromatic nitrogens is 1. The molecule has 1 aliphatic rings. The highest BCUT2D eigenvalue weighted by molar-refractivity contribution is 5.30. The number of fused-ring (bicyclic) bond motifs is 1. The third kappa shape index (κ3) is 2.12. The van der Waals surface area contributed by atoms with Gasteiger partial charge in [-0.15, -0.1) is 0 Å². The molecule has 0 aromatic carbocycles. The summed E-state index contributed by atoms with van der Waals surface area (Å²) < 4.78 is 5.91. The van der Waals surface area contributed by atoms with Gasteiger partial charge in [-0.2, -0.15) is 0 Å². The van der Waals surface area contributed by atoms with E-state index in [1.54, 1.807) is 0 Å². The molecule has 1 aromatic heterocycles. The van der Waals surface area contributed by atoms with E-state index in [-0.39, 0.29) is 6.10 Å². The smallest absolute Gasteiger partial charge is 0.142 e. The fourth-order valence-electron chi connectivity index (χ4n) is 1.92. The van der Waals surface area contributed by atoms with Gasteiger partial charge in [-0.05, 0) is 25.0 Å². The molecule has 0 radical (unpaired) electrons. The van der Waals surface area contributed by atoms with E-state index in [2.05, 4.69) is 24.1 Å². The summed E-state index contributed by atoms with van der Waals surface area (Å²) in [6.07, 6.45) is 4.17. The molecule has 0 amide bonds. The maximum absolute atomic E-state index is 5.91. The van der Waals surface area contributed by atoms with Crippen LogP contribution in [0.2, 0.25) is 0 Å². The molecular weight excluding hydrogens is 188 g/mol. The number of rotatable bonds is 2. The highest BCUT2D eigenvalue weighted by Gasteiger charge is 2.22. The van der Waals surface area contributed by atoms with Crippen molar-refractivity contribution in [2.24, 2.45) is 0 Å². The highest BCUT2D eigenvalue weighted by Crippen LogP contribution is 2.28. The molecule has 1 aliphatic heterocycles. The van der Waals surface area contributed by atoms with Gasteiger partial charge in [0, 0.05) is 12.7 Å². The van der Waals surface area contributed by atoms with Gasteiger partial charge in [-0.1, -0.05) is 13.8 Å². The molecule has 0 bridgehead atoms. The number of nitrogens with one attached hydrogen (secondary N) is 1. The number of pyridine rings is 1. The van der Waals surface area contributed by atoms with Gasteiger partial charge in [0.05, 0.1) is 11.7 Å². The first-order valence-electron chi connectivity index (χ1n) is 5.70. The number of nitrogens with zero attached hydrogens (tertiary/aromatic N) is 1. The van der Waals surface area contributed by atoms with Gasteiger partial charge in [0.1, 0.15) is 11.9 Å². The average Bonchev–Trinajstić information content (AvgIpc) is 2.47. The standard InChI is InChI=1S/C12H18N2O/c1-3-9-8-14-10(4-2)12-11(15-9)6-5-7-13-12/h5-7,9-10,14H,3-4,8H2,1-2H3/t9-,10+/m1/s1. The molecule has 1 N–H and O–H groups in total. The second-order valence-electron chi connectivity index (χ2n) is 3.90. The zero-order valence-electron chi connectivity index (χ0n) is 9.36. The van der Waals surface area contributed by atoms with Gasteiger partial charge < -0.3 is 10.1 Å². The lowest BCUT2D eigenvalue weighted by molar-refractivity contribution is 0.200. The fourth-order valence-corrected chi connectivity index (χ4v) is 1.92. The van der Waals surface area contributed by atoms with Crippen LogP contribution in [0.4, 0.5) is 0 Å². The molecule has 0 unspecified atom stereocenters. The molecule has 3 heteroatoms. The van der Waals surface area contributed by atoms with E-state index >= 15 is 0 Å². The van der Waals surface area contributed by atoms with Crippen molar-refractivity contribution in [2.75, 3.05) is 6.54 Å². The van der Waals surface area contributed by atoms with Crippen LogP contribution >= 0.6 is 0 Å². The molecule has 82 valence electrons. The molecule has 1 aromatic rings. The zero-order chi connectivity index (χ0) is 10.7. The van der Waals surface area contributed by atoms with Crippen molar-refractivity contribution in [1.82, 2.24) is 10.3 Å². The van der Waals surface area contributed by atoms with Crippen LogP contribution in [0.15, 0.2) is 18.3 Å². The molecule has 2 rings (SSSR count). The largest absolute Gasteiger partial charge is 0.487 e. The Morgan fingerprint density at radius 2 is 2.33 bits per heavy atom. The van der Waals surface area contributed by atoms with Crippen LogP contribution in [-0.4, -0.2) is 17.6 Å². The monoisotopic (exact) mass is 206 g/mol. The molecule has 0 saturated heterocycles. The summed E-state index contributed by atoms with van der Waals surface area (Å²) >= 11 is 0. The van der Waals surface area contributed by atoms with Crippen LogP contribution in [0.1, 0.15) is 38.4 Å². The first-order chi connectivity index (χ1) is 7.35. The van der Waals surface area contributed by atoms with Crippen LogP contribution in [0.5, 0.6) is 5.75 Å². The number of hydrogen-bond donors (Lipinski definition) is 1. The van der Waals surface area contributed by atoms with E-state index in [9.17, 15) is 0 Å². The van der Waals surface area contributed by atoms with E-state index in [1.807, 2.05) is 18.3 Å². The molecule has 15 heavy (non-hydrogen) atoms. The molecular formula is C12H18N2O. The van der Waals surface area contributed by atoms with E-state index in [0.29, 0.717) is 6.04 Å². The Labute approximate surface area is 90.9 Å². The van der Waals surface area contributed by atoms with E-state index < -0.39 is 0 Å². The third-order valence-corrected chi connectivity index (χ3v) is 2.88. The minimum absolute atomic E-state index is 0.268. The van der Waals surface area contributed by atoms with Crippen LogP contribution in [0.25, 0.3) is 0 Å². The Morgan fingerprint density at radius 3 is 3.07 bits per heavy atom. The molecule has 2 heterocycles. The molecule has 0 spiro atoms. The lowest BCUT2D eigenvalue weighted by Crippen LogP contribution is -2.29. The Bertz CT molecular complexity index is 327. The maximum atomic E-state index is 5.91. The molecule has 0 fully saturated rings. The lowest BCUT2D eigenvalue weighted by Gasteiger charge is -2.14. The quantitative estimate of drug-likeness (QED) is 0.806. The van der Waals surface area contributed by atoms with Gasteiger partial charge in [0.2, 0.25) is 0 Å². The van der Waals surface area contributed by atoms with E-state index in [0.717, 1.165) is 30.8 Å². The summed E-state index contributed by atoms with van der Waals surface area (Å²) in [5.74, 6) is 0.946. The lowest BCUT2D eigenvalue weighted by atomic mass is 10.1. The molecule has 0 saturated carbocycles. The van der Waals surface area contributed by atoms with Gasteiger partial charge in [0.15, 0.2) is 0 Å². The maximum Gasteiger partial charge on any atom is 0.142 e. The normalized spacial score (nSPS) is 25.2. The predicted octanol–water partition coefficient (Wildman–Crippen LogP) is 2.29. The van der Waals surface area contributed by atoms with Gasteiger partial charge in [-0.3, -0.25) is 4.98 Å². The van der Waals surface area contributed by atoms with Crippen LogP contribution in [0, 0.1) is 0 Å². The summed E-state index contributed by atoms with van der Waals surface area (Å²) in [5.41, 5.74) is 1.05. The summed E-state index contributed by atoms with van der Waals surface area (Å²) in [7, 11) is 0. The minimum atomic E-state index is 0.268. The molecule has 3 nitrogen and oxygen atoms in total. The SMILES string of the molecule is CC[C@@H]1CN[C@@H](CC)c2ncccc2O1. The minimum Gasteiger partial charge on any atom is -0.487 e. The summed E-state index contributed by atoms with van der Waals surface area (Å²) in [6.45, 7) is 5.22. The zero-order valence-corrected chi connectivity index (χ0v) is 9.36. The van der Waals surface area contributed by atoms with Crippen molar-refractivity contribution in [1.29, 1.82) is 0 Å². The van der Waals surface area contributed by atoms with E-state index in [4.69, 9.17) is 4.74 Å². The second kappa shape index (κ2) is 4.62. The van der Waals surface area contributed by atoms with Gasteiger partial charge >= 0.3 is 0 Å². The van der Waals surface area contributed by atoms with Crippen molar-refractivity contribution in [3.05, 3.63) is 24.0 Å².